The van der Waals surface area contributed by atoms with Gasteiger partial charge in [-0.05, 0) is 18.2 Å². The number of halogens is 6. The van der Waals surface area contributed by atoms with E-state index in [0.717, 1.165) is 23.1 Å². The maximum absolute atomic E-state index is 14.1. The van der Waals surface area contributed by atoms with E-state index in [-0.39, 0.29) is 21.2 Å². The zero-order valence-corrected chi connectivity index (χ0v) is 16.2. The van der Waals surface area contributed by atoms with E-state index in [1.54, 1.807) is 0 Å². The largest absolute Gasteiger partial charge is 0.434 e. The van der Waals surface area contributed by atoms with Crippen LogP contribution >= 0.6 is 11.6 Å². The average molecular weight is 470 g/mol. The van der Waals surface area contributed by atoms with Crippen molar-refractivity contribution in [1.82, 2.24) is 29.8 Å². The second kappa shape index (κ2) is 8.00. The van der Waals surface area contributed by atoms with Gasteiger partial charge in [-0.15, -0.1) is 4.80 Å². The average Bonchev–Trinajstić information content (AvgIpc) is 3.38. The van der Waals surface area contributed by atoms with E-state index in [2.05, 4.69) is 25.6 Å². The molecular weight excluding hydrogens is 461 g/mol. The SMILES string of the molecule is O=C(Nc1cnc(-n2nccn2)c(Cl)c1)c1cnn(-c2ccc(F)cc2F)c1C(F)(F)F. The fraction of sp³-hybridized carbons (Fsp3) is 0.0556. The zero-order chi connectivity index (χ0) is 23.0. The minimum absolute atomic E-state index is 0.0131. The Hall–Kier alpha value is -3.87. The van der Waals surface area contributed by atoms with Gasteiger partial charge in [-0.2, -0.15) is 28.5 Å². The molecule has 0 aliphatic heterocycles. The van der Waals surface area contributed by atoms with Crippen LogP contribution in [-0.4, -0.2) is 35.7 Å². The van der Waals surface area contributed by atoms with Crippen molar-refractivity contribution >= 4 is 23.2 Å². The number of rotatable bonds is 4. The van der Waals surface area contributed by atoms with Crippen LogP contribution in [0, 0.1) is 11.6 Å². The number of pyridine rings is 1. The highest BCUT2D eigenvalue weighted by atomic mass is 35.5. The lowest BCUT2D eigenvalue weighted by Gasteiger charge is -2.13. The number of nitrogens with zero attached hydrogens (tertiary/aromatic N) is 6. The fourth-order valence-electron chi connectivity index (χ4n) is 2.79. The highest BCUT2D eigenvalue weighted by Crippen LogP contribution is 2.34. The maximum Gasteiger partial charge on any atom is 0.434 e. The molecule has 1 amide bonds. The van der Waals surface area contributed by atoms with Crippen molar-refractivity contribution in [3.63, 3.8) is 0 Å². The molecule has 0 fully saturated rings. The molecule has 1 N–H and O–H groups in total. The van der Waals surface area contributed by atoms with Gasteiger partial charge in [-0.25, -0.2) is 18.4 Å². The molecule has 1 aromatic carbocycles. The molecule has 32 heavy (non-hydrogen) atoms. The molecule has 14 heteroatoms. The summed E-state index contributed by atoms with van der Waals surface area (Å²) in [5.41, 5.74) is -3.14. The molecule has 3 heterocycles. The van der Waals surface area contributed by atoms with E-state index in [4.69, 9.17) is 11.6 Å². The first-order valence-corrected chi connectivity index (χ1v) is 8.97. The molecule has 4 rings (SSSR count). The number of nitrogens with one attached hydrogen (secondary N) is 1. The Labute approximate surface area is 180 Å². The van der Waals surface area contributed by atoms with Gasteiger partial charge in [0.2, 0.25) is 0 Å². The predicted octanol–water partition coefficient (Wildman–Crippen LogP) is 4.05. The van der Waals surface area contributed by atoms with Gasteiger partial charge in [0.05, 0.1) is 41.1 Å². The van der Waals surface area contributed by atoms with Gasteiger partial charge >= 0.3 is 6.18 Å². The van der Waals surface area contributed by atoms with E-state index >= 15 is 0 Å². The predicted molar refractivity (Wildman–Crippen MR) is 101 cm³/mol. The molecule has 8 nitrogen and oxygen atoms in total. The number of hydrogen-bond acceptors (Lipinski definition) is 5. The van der Waals surface area contributed by atoms with Crippen LogP contribution in [0.25, 0.3) is 11.5 Å². The number of carbonyl (C=O) groups is 1. The number of alkyl halides is 3. The van der Waals surface area contributed by atoms with E-state index in [1.807, 2.05) is 0 Å². The van der Waals surface area contributed by atoms with Crippen molar-refractivity contribution in [3.05, 3.63) is 77.0 Å². The Balaban J connectivity index is 1.69. The zero-order valence-electron chi connectivity index (χ0n) is 15.5. The molecular formula is C18H9ClF5N7O. The van der Waals surface area contributed by atoms with Crippen LogP contribution in [0.2, 0.25) is 5.02 Å². The Morgan fingerprint density at radius 2 is 1.75 bits per heavy atom. The summed E-state index contributed by atoms with van der Waals surface area (Å²) in [6.45, 7) is 0. The van der Waals surface area contributed by atoms with Crippen LogP contribution in [0.1, 0.15) is 16.1 Å². The lowest BCUT2D eigenvalue weighted by molar-refractivity contribution is -0.143. The summed E-state index contributed by atoms with van der Waals surface area (Å²) in [4.78, 5) is 17.7. The third kappa shape index (κ3) is 4.01. The maximum atomic E-state index is 14.1. The number of amides is 1. The number of carbonyl (C=O) groups excluding carboxylic acids is 1. The summed E-state index contributed by atoms with van der Waals surface area (Å²) in [7, 11) is 0. The summed E-state index contributed by atoms with van der Waals surface area (Å²) >= 11 is 6.09. The number of aromatic nitrogens is 6. The van der Waals surface area contributed by atoms with Crippen molar-refractivity contribution in [2.45, 2.75) is 6.18 Å². The number of benzene rings is 1. The molecule has 0 unspecified atom stereocenters. The van der Waals surface area contributed by atoms with Crippen molar-refractivity contribution < 1.29 is 26.7 Å². The Bertz CT molecular complexity index is 1300. The van der Waals surface area contributed by atoms with Gasteiger partial charge in [0, 0.05) is 6.07 Å². The first-order valence-electron chi connectivity index (χ1n) is 8.59. The molecule has 0 saturated heterocycles. The number of hydrogen-bond donors (Lipinski definition) is 1. The first-order chi connectivity index (χ1) is 15.1. The second-order valence-electron chi connectivity index (χ2n) is 6.21. The van der Waals surface area contributed by atoms with Crippen LogP contribution in [0.15, 0.2) is 49.1 Å². The highest BCUT2D eigenvalue weighted by Gasteiger charge is 2.41. The fourth-order valence-corrected chi connectivity index (χ4v) is 3.03. The minimum atomic E-state index is -5.09. The van der Waals surface area contributed by atoms with Crippen molar-refractivity contribution in [2.24, 2.45) is 0 Å². The van der Waals surface area contributed by atoms with Crippen LogP contribution in [0.5, 0.6) is 0 Å². The molecule has 3 aromatic heterocycles. The summed E-state index contributed by atoms with van der Waals surface area (Å²) < 4.78 is 68.6. The molecule has 4 aromatic rings. The molecule has 164 valence electrons. The van der Waals surface area contributed by atoms with E-state index in [9.17, 15) is 26.7 Å². The smallest absolute Gasteiger partial charge is 0.320 e. The van der Waals surface area contributed by atoms with Gasteiger partial charge < -0.3 is 5.32 Å². The minimum Gasteiger partial charge on any atom is -0.320 e. The molecule has 0 saturated carbocycles. The lowest BCUT2D eigenvalue weighted by atomic mass is 10.2. The third-order valence-corrected chi connectivity index (χ3v) is 4.39. The first kappa shape index (κ1) is 21.4. The second-order valence-corrected chi connectivity index (χ2v) is 6.62. The normalized spacial score (nSPS) is 11.6. The summed E-state index contributed by atoms with van der Waals surface area (Å²) in [6, 6.07) is 3.19. The Morgan fingerprint density at radius 3 is 2.38 bits per heavy atom. The summed E-state index contributed by atoms with van der Waals surface area (Å²) in [5, 5.41) is 13.4. The third-order valence-electron chi connectivity index (χ3n) is 4.11. The van der Waals surface area contributed by atoms with Gasteiger partial charge in [-0.1, -0.05) is 11.6 Å². The Morgan fingerprint density at radius 1 is 1.03 bits per heavy atom. The molecule has 0 spiro atoms. The topological polar surface area (TPSA) is 90.5 Å². The summed E-state index contributed by atoms with van der Waals surface area (Å²) in [6.07, 6.45) is -0.560. The molecule has 0 bridgehead atoms. The van der Waals surface area contributed by atoms with Crippen LogP contribution in [0.3, 0.4) is 0 Å². The van der Waals surface area contributed by atoms with Crippen LogP contribution < -0.4 is 5.32 Å². The molecule has 0 atom stereocenters. The van der Waals surface area contributed by atoms with Crippen LogP contribution in [-0.2, 0) is 6.18 Å². The molecule has 0 aliphatic rings. The van der Waals surface area contributed by atoms with E-state index in [1.165, 1.54) is 18.5 Å². The van der Waals surface area contributed by atoms with Gasteiger partial charge in [0.1, 0.15) is 11.5 Å². The van der Waals surface area contributed by atoms with Gasteiger partial charge in [0.15, 0.2) is 17.3 Å². The molecule has 0 radical (unpaired) electrons. The van der Waals surface area contributed by atoms with Gasteiger partial charge in [0.25, 0.3) is 5.91 Å². The summed E-state index contributed by atoms with van der Waals surface area (Å²) in [5.74, 6) is -3.34. The van der Waals surface area contributed by atoms with Crippen molar-refractivity contribution in [1.29, 1.82) is 0 Å². The lowest BCUT2D eigenvalue weighted by Crippen LogP contribution is -2.21. The quantitative estimate of drug-likeness (QED) is 0.455. The standard InChI is InChI=1S/C18H9ClF5N7O/c19-12-6-10(7-25-16(12)31-26-3-4-27-31)29-17(32)11-8-28-30(15(11)18(22,23)24)14-2-1-9(20)5-13(14)21/h1-8H,(H,29,32). The van der Waals surface area contributed by atoms with E-state index < -0.39 is 40.7 Å². The number of anilines is 1. The Kier molecular flexibility index (Phi) is 5.34. The molecule has 0 aliphatic carbocycles. The van der Waals surface area contributed by atoms with E-state index in [0.29, 0.717) is 12.3 Å². The van der Waals surface area contributed by atoms with Crippen molar-refractivity contribution in [2.75, 3.05) is 5.32 Å². The van der Waals surface area contributed by atoms with Crippen LogP contribution in [0.4, 0.5) is 27.6 Å². The van der Waals surface area contributed by atoms with Gasteiger partial charge in [-0.3, -0.25) is 4.79 Å². The highest BCUT2D eigenvalue weighted by molar-refractivity contribution is 6.32. The monoisotopic (exact) mass is 469 g/mol. The van der Waals surface area contributed by atoms with Crippen molar-refractivity contribution in [3.8, 4) is 11.5 Å².